The summed E-state index contributed by atoms with van der Waals surface area (Å²) in [6.45, 7) is 0.00461. The van der Waals surface area contributed by atoms with E-state index in [2.05, 4.69) is 10.6 Å². The largest absolute Gasteiger partial charge is 0.399 e. The first-order valence-corrected chi connectivity index (χ1v) is 5.11. The van der Waals surface area contributed by atoms with Crippen LogP contribution in [0.1, 0.15) is 0 Å². The molecule has 6 nitrogen and oxygen atoms in total. The number of nitrogens with two attached hydrogens (primary N) is 1. The predicted molar refractivity (Wildman–Crippen MR) is 66.6 cm³/mol. The van der Waals surface area contributed by atoms with Crippen LogP contribution in [0.25, 0.3) is 0 Å². The molecule has 1 aromatic carbocycles. The smallest absolute Gasteiger partial charge is 0.322 e. The maximum absolute atomic E-state index is 11.7. The van der Waals surface area contributed by atoms with Crippen LogP contribution in [-0.2, 0) is 4.79 Å². The van der Waals surface area contributed by atoms with E-state index < -0.39 is 0 Å². The summed E-state index contributed by atoms with van der Waals surface area (Å²) in [5.74, 6) is -0.227. The first kappa shape index (κ1) is 12.8. The van der Waals surface area contributed by atoms with Crippen molar-refractivity contribution in [3.63, 3.8) is 0 Å². The van der Waals surface area contributed by atoms with E-state index in [4.69, 9.17) is 5.73 Å². The van der Waals surface area contributed by atoms with E-state index in [1.54, 1.807) is 24.3 Å². The fraction of sp³-hybridized carbons (Fsp3) is 0.273. The van der Waals surface area contributed by atoms with E-state index in [1.165, 1.54) is 19.0 Å². The van der Waals surface area contributed by atoms with Crippen molar-refractivity contribution in [1.29, 1.82) is 0 Å². The van der Waals surface area contributed by atoms with E-state index in [9.17, 15) is 9.59 Å². The minimum atomic E-state index is -0.362. The number of nitrogens with one attached hydrogen (secondary N) is 2. The van der Waals surface area contributed by atoms with E-state index in [0.29, 0.717) is 11.4 Å². The molecule has 17 heavy (non-hydrogen) atoms. The van der Waals surface area contributed by atoms with Gasteiger partial charge < -0.3 is 21.3 Å². The molecule has 1 rings (SSSR count). The van der Waals surface area contributed by atoms with Gasteiger partial charge in [-0.05, 0) is 18.2 Å². The lowest BCUT2D eigenvalue weighted by Gasteiger charge is -2.17. The van der Waals surface area contributed by atoms with Gasteiger partial charge in [0.05, 0.1) is 0 Å². The Hall–Kier alpha value is -2.24. The number of nitrogens with zero attached hydrogens (tertiary/aromatic N) is 1. The highest BCUT2D eigenvalue weighted by Gasteiger charge is 2.11. The zero-order valence-corrected chi connectivity index (χ0v) is 9.86. The Bertz CT molecular complexity index is 420. The molecule has 92 valence electrons. The topological polar surface area (TPSA) is 87.5 Å². The Kier molecular flexibility index (Phi) is 4.33. The van der Waals surface area contributed by atoms with E-state index in [-0.39, 0.29) is 18.5 Å². The van der Waals surface area contributed by atoms with E-state index in [1.807, 2.05) is 0 Å². The van der Waals surface area contributed by atoms with Crippen molar-refractivity contribution in [2.75, 3.05) is 31.7 Å². The number of carbonyl (C=O) groups is 2. The second-order valence-electron chi connectivity index (χ2n) is 3.58. The molecule has 3 amide bonds. The van der Waals surface area contributed by atoms with Gasteiger partial charge in [-0.15, -0.1) is 0 Å². The molecule has 0 spiro atoms. The van der Waals surface area contributed by atoms with Crippen molar-refractivity contribution >= 4 is 23.3 Å². The van der Waals surface area contributed by atoms with Crippen LogP contribution >= 0.6 is 0 Å². The molecular formula is C11H16N4O2. The van der Waals surface area contributed by atoms with Gasteiger partial charge in [0.2, 0.25) is 5.91 Å². The zero-order valence-electron chi connectivity index (χ0n) is 9.86. The quantitative estimate of drug-likeness (QED) is 0.667. The SMILES string of the molecule is CNC(=O)CN(C)C(=O)Nc1cccc(N)c1. The average molecular weight is 236 g/mol. The Labute approximate surface area is 99.8 Å². The van der Waals surface area contributed by atoms with Crippen LogP contribution in [0.5, 0.6) is 0 Å². The van der Waals surface area contributed by atoms with Crippen LogP contribution in [0.2, 0.25) is 0 Å². The number of anilines is 2. The first-order valence-electron chi connectivity index (χ1n) is 5.11. The number of hydrogen-bond acceptors (Lipinski definition) is 3. The molecule has 0 heterocycles. The molecule has 0 saturated carbocycles. The molecule has 0 aliphatic heterocycles. The van der Waals surface area contributed by atoms with E-state index >= 15 is 0 Å². The van der Waals surface area contributed by atoms with Crippen LogP contribution in [0.4, 0.5) is 16.2 Å². The second kappa shape index (κ2) is 5.74. The van der Waals surface area contributed by atoms with Gasteiger partial charge in [-0.25, -0.2) is 4.79 Å². The molecular weight excluding hydrogens is 220 g/mol. The lowest BCUT2D eigenvalue weighted by molar-refractivity contribution is -0.120. The van der Waals surface area contributed by atoms with Crippen molar-refractivity contribution in [3.8, 4) is 0 Å². The standard InChI is InChI=1S/C11H16N4O2/c1-13-10(16)7-15(2)11(17)14-9-5-3-4-8(12)6-9/h3-6H,7,12H2,1-2H3,(H,13,16)(H,14,17). The third kappa shape index (κ3) is 4.02. The van der Waals surface area contributed by atoms with Gasteiger partial charge in [-0.2, -0.15) is 0 Å². The molecule has 6 heteroatoms. The molecule has 4 N–H and O–H groups in total. The number of benzene rings is 1. The third-order valence-corrected chi connectivity index (χ3v) is 2.14. The van der Waals surface area contributed by atoms with Gasteiger partial charge in [-0.1, -0.05) is 6.07 Å². The Balaban J connectivity index is 2.57. The predicted octanol–water partition coefficient (Wildman–Crippen LogP) is 0.478. The highest BCUT2D eigenvalue weighted by Crippen LogP contribution is 2.11. The number of rotatable bonds is 3. The summed E-state index contributed by atoms with van der Waals surface area (Å²) in [6, 6.07) is 6.47. The number of urea groups is 1. The summed E-state index contributed by atoms with van der Waals surface area (Å²) < 4.78 is 0. The normalized spacial score (nSPS) is 9.53. The molecule has 0 aliphatic carbocycles. The highest BCUT2D eigenvalue weighted by molar-refractivity contribution is 5.92. The highest BCUT2D eigenvalue weighted by atomic mass is 16.2. The Morgan fingerprint density at radius 1 is 1.41 bits per heavy atom. The number of carbonyl (C=O) groups excluding carboxylic acids is 2. The lowest BCUT2D eigenvalue weighted by Crippen LogP contribution is -2.39. The van der Waals surface area contributed by atoms with Gasteiger partial charge >= 0.3 is 6.03 Å². The minimum Gasteiger partial charge on any atom is -0.399 e. The molecule has 0 bridgehead atoms. The maximum Gasteiger partial charge on any atom is 0.322 e. The van der Waals surface area contributed by atoms with Crippen LogP contribution < -0.4 is 16.4 Å². The minimum absolute atomic E-state index is 0.00461. The fourth-order valence-electron chi connectivity index (χ4n) is 1.20. The maximum atomic E-state index is 11.7. The van der Waals surface area contributed by atoms with Gasteiger partial charge in [0.1, 0.15) is 6.54 Å². The average Bonchev–Trinajstić information content (AvgIpc) is 2.28. The summed E-state index contributed by atoms with van der Waals surface area (Å²) in [5, 5.41) is 5.08. The first-order chi connectivity index (χ1) is 8.02. The molecule has 0 fully saturated rings. The van der Waals surface area contributed by atoms with Crippen LogP contribution in [0, 0.1) is 0 Å². The van der Waals surface area contributed by atoms with Gasteiger partial charge in [-0.3, -0.25) is 4.79 Å². The summed E-state index contributed by atoms with van der Waals surface area (Å²) in [4.78, 5) is 24.0. The van der Waals surface area contributed by atoms with Crippen LogP contribution in [0.15, 0.2) is 24.3 Å². The summed E-state index contributed by atoms with van der Waals surface area (Å²) in [6.07, 6.45) is 0. The summed E-state index contributed by atoms with van der Waals surface area (Å²) in [5.41, 5.74) is 6.75. The number of likely N-dealkylation sites (N-methyl/N-ethyl adjacent to an activating group) is 2. The van der Waals surface area contributed by atoms with Crippen molar-refractivity contribution in [2.24, 2.45) is 0 Å². The molecule has 0 atom stereocenters. The van der Waals surface area contributed by atoms with Gasteiger partial charge in [0.25, 0.3) is 0 Å². The second-order valence-corrected chi connectivity index (χ2v) is 3.58. The molecule has 0 radical (unpaired) electrons. The van der Waals surface area contributed by atoms with Crippen LogP contribution in [0.3, 0.4) is 0 Å². The summed E-state index contributed by atoms with van der Waals surface area (Å²) >= 11 is 0. The fourth-order valence-corrected chi connectivity index (χ4v) is 1.20. The van der Waals surface area contributed by atoms with Crippen molar-refractivity contribution in [2.45, 2.75) is 0 Å². The van der Waals surface area contributed by atoms with Crippen LogP contribution in [-0.4, -0.2) is 37.5 Å². The number of hydrogen-bond donors (Lipinski definition) is 3. The number of amides is 3. The molecule has 0 unspecified atom stereocenters. The monoisotopic (exact) mass is 236 g/mol. The molecule has 0 aromatic heterocycles. The third-order valence-electron chi connectivity index (χ3n) is 2.14. The molecule has 1 aromatic rings. The summed E-state index contributed by atoms with van der Waals surface area (Å²) in [7, 11) is 3.06. The van der Waals surface area contributed by atoms with Crippen molar-refractivity contribution in [1.82, 2.24) is 10.2 Å². The number of nitrogen functional groups attached to an aromatic ring is 1. The molecule has 0 aliphatic rings. The van der Waals surface area contributed by atoms with E-state index in [0.717, 1.165) is 0 Å². The Morgan fingerprint density at radius 2 is 2.12 bits per heavy atom. The van der Waals surface area contributed by atoms with Gasteiger partial charge in [0, 0.05) is 25.5 Å². The molecule has 0 saturated heterocycles. The Morgan fingerprint density at radius 3 is 2.71 bits per heavy atom. The lowest BCUT2D eigenvalue weighted by atomic mass is 10.3. The van der Waals surface area contributed by atoms with Crippen molar-refractivity contribution in [3.05, 3.63) is 24.3 Å². The zero-order chi connectivity index (χ0) is 12.8. The van der Waals surface area contributed by atoms with Gasteiger partial charge in [0.15, 0.2) is 0 Å². The van der Waals surface area contributed by atoms with Crippen molar-refractivity contribution < 1.29 is 9.59 Å².